The quantitative estimate of drug-likeness (QED) is 0.827. The number of nitrogens with zero attached hydrogens (tertiary/aromatic N) is 2. The highest BCUT2D eigenvalue weighted by Crippen LogP contribution is 2.14. The maximum atomic E-state index is 13.2. The van der Waals surface area contributed by atoms with Crippen LogP contribution in [0.1, 0.15) is 10.4 Å². The van der Waals surface area contributed by atoms with Crippen molar-refractivity contribution in [2.75, 3.05) is 13.2 Å². The number of carbonyl (C=O) groups excluding carboxylic acids is 1. The van der Waals surface area contributed by atoms with Gasteiger partial charge in [-0.1, -0.05) is 12.1 Å². The highest BCUT2D eigenvalue weighted by atomic mass is 19.1. The van der Waals surface area contributed by atoms with Crippen LogP contribution in [0.5, 0.6) is 5.75 Å². The molecule has 1 N–H and O–H groups in total. The minimum absolute atomic E-state index is 0.166. The maximum absolute atomic E-state index is 13.2. The van der Waals surface area contributed by atoms with Crippen molar-refractivity contribution in [3.63, 3.8) is 0 Å². The lowest BCUT2D eigenvalue weighted by Crippen LogP contribution is -2.28. The number of hydrogen-bond donors (Lipinski definition) is 1. The largest absolute Gasteiger partial charge is 0.489 e. The Morgan fingerprint density at radius 2 is 2.00 bits per heavy atom. The predicted molar refractivity (Wildman–Crippen MR) is 66.3 cm³/mol. The van der Waals surface area contributed by atoms with Crippen molar-refractivity contribution in [1.82, 2.24) is 15.3 Å². The van der Waals surface area contributed by atoms with Gasteiger partial charge in [-0.2, -0.15) is 0 Å². The highest BCUT2D eigenvalue weighted by molar-refractivity contribution is 5.93. The molecule has 1 aromatic heterocycles. The molecule has 2 rings (SSSR count). The van der Waals surface area contributed by atoms with E-state index in [1.807, 2.05) is 0 Å². The zero-order valence-electron chi connectivity index (χ0n) is 10.0. The standard InChI is InChI=1S/C13H12FN3O2/c14-11-3-1-2-4-12(11)19-6-5-17-13(18)10-7-15-9-16-8-10/h1-4,7-9H,5-6H2,(H,17,18). The number of hydrogen-bond acceptors (Lipinski definition) is 4. The molecule has 0 aliphatic carbocycles. The van der Waals surface area contributed by atoms with Crippen LogP contribution >= 0.6 is 0 Å². The molecule has 1 heterocycles. The molecule has 0 radical (unpaired) electrons. The monoisotopic (exact) mass is 261 g/mol. The minimum Gasteiger partial charge on any atom is -0.489 e. The van der Waals surface area contributed by atoms with Crippen LogP contribution in [0.2, 0.25) is 0 Å². The zero-order valence-corrected chi connectivity index (χ0v) is 10.0. The molecular weight excluding hydrogens is 249 g/mol. The number of amides is 1. The first kappa shape index (κ1) is 12.9. The fourth-order valence-electron chi connectivity index (χ4n) is 1.41. The lowest BCUT2D eigenvalue weighted by atomic mass is 10.3. The summed E-state index contributed by atoms with van der Waals surface area (Å²) < 4.78 is 18.4. The predicted octanol–water partition coefficient (Wildman–Crippen LogP) is 1.42. The van der Waals surface area contributed by atoms with E-state index in [-0.39, 0.29) is 24.8 Å². The normalized spacial score (nSPS) is 9.95. The summed E-state index contributed by atoms with van der Waals surface area (Å²) in [6.07, 6.45) is 4.18. The second-order valence-electron chi connectivity index (χ2n) is 3.66. The van der Waals surface area contributed by atoms with Crippen molar-refractivity contribution >= 4 is 5.91 Å². The number of para-hydroxylation sites is 1. The Hall–Kier alpha value is -2.50. The number of benzene rings is 1. The number of rotatable bonds is 5. The van der Waals surface area contributed by atoms with Crippen molar-refractivity contribution in [2.45, 2.75) is 0 Å². The summed E-state index contributed by atoms with van der Waals surface area (Å²) in [6, 6.07) is 6.11. The molecule has 0 unspecified atom stereocenters. The highest BCUT2D eigenvalue weighted by Gasteiger charge is 2.05. The lowest BCUT2D eigenvalue weighted by Gasteiger charge is -2.08. The summed E-state index contributed by atoms with van der Waals surface area (Å²) in [6.45, 7) is 0.447. The van der Waals surface area contributed by atoms with Gasteiger partial charge in [-0.05, 0) is 12.1 Å². The number of ether oxygens (including phenoxy) is 1. The minimum atomic E-state index is -0.426. The summed E-state index contributed by atoms with van der Waals surface area (Å²) in [7, 11) is 0. The van der Waals surface area contributed by atoms with Crippen LogP contribution in [-0.4, -0.2) is 29.0 Å². The van der Waals surface area contributed by atoms with E-state index in [1.54, 1.807) is 12.1 Å². The van der Waals surface area contributed by atoms with Gasteiger partial charge in [-0.15, -0.1) is 0 Å². The molecule has 2 aromatic rings. The molecule has 6 heteroatoms. The molecule has 0 spiro atoms. The summed E-state index contributed by atoms with van der Waals surface area (Å²) in [5.41, 5.74) is 0.369. The molecule has 0 fully saturated rings. The topological polar surface area (TPSA) is 64.1 Å². The summed E-state index contributed by atoms with van der Waals surface area (Å²) in [5.74, 6) is -0.553. The lowest BCUT2D eigenvalue weighted by molar-refractivity contribution is 0.0946. The van der Waals surface area contributed by atoms with Gasteiger partial charge >= 0.3 is 0 Å². The van der Waals surface area contributed by atoms with Crippen LogP contribution in [0, 0.1) is 5.82 Å². The van der Waals surface area contributed by atoms with Crippen molar-refractivity contribution in [1.29, 1.82) is 0 Å². The van der Waals surface area contributed by atoms with Gasteiger partial charge in [0.2, 0.25) is 0 Å². The van der Waals surface area contributed by atoms with E-state index in [1.165, 1.54) is 30.9 Å². The Morgan fingerprint density at radius 1 is 1.26 bits per heavy atom. The molecule has 19 heavy (non-hydrogen) atoms. The molecule has 0 bridgehead atoms. The fraction of sp³-hybridized carbons (Fsp3) is 0.154. The molecule has 5 nitrogen and oxygen atoms in total. The van der Waals surface area contributed by atoms with Gasteiger partial charge in [0.05, 0.1) is 12.1 Å². The third-order valence-electron chi connectivity index (χ3n) is 2.30. The van der Waals surface area contributed by atoms with Gasteiger partial charge in [0.25, 0.3) is 5.91 Å². The van der Waals surface area contributed by atoms with Crippen molar-refractivity contribution in [3.8, 4) is 5.75 Å². The summed E-state index contributed by atoms with van der Waals surface area (Å²) in [5, 5.41) is 2.62. The van der Waals surface area contributed by atoms with Crippen LogP contribution in [0.15, 0.2) is 43.0 Å². The summed E-state index contributed by atoms with van der Waals surface area (Å²) >= 11 is 0. The van der Waals surface area contributed by atoms with Crippen molar-refractivity contribution in [3.05, 3.63) is 54.4 Å². The molecule has 1 aromatic carbocycles. The molecule has 0 saturated heterocycles. The van der Waals surface area contributed by atoms with Gasteiger partial charge in [0.1, 0.15) is 12.9 Å². The second-order valence-corrected chi connectivity index (χ2v) is 3.66. The van der Waals surface area contributed by atoms with Crippen molar-refractivity contribution < 1.29 is 13.9 Å². The Kier molecular flexibility index (Phi) is 4.39. The van der Waals surface area contributed by atoms with E-state index in [0.29, 0.717) is 5.56 Å². The Morgan fingerprint density at radius 3 is 2.74 bits per heavy atom. The first-order valence-corrected chi connectivity index (χ1v) is 5.68. The number of aromatic nitrogens is 2. The zero-order chi connectivity index (χ0) is 13.5. The van der Waals surface area contributed by atoms with E-state index >= 15 is 0 Å². The summed E-state index contributed by atoms with van der Waals surface area (Å²) in [4.78, 5) is 19.1. The average molecular weight is 261 g/mol. The van der Waals surface area contributed by atoms with Gasteiger partial charge in [-0.25, -0.2) is 14.4 Å². The van der Waals surface area contributed by atoms with E-state index in [4.69, 9.17) is 4.74 Å². The Labute approximate surface area is 109 Å². The number of carbonyl (C=O) groups is 1. The molecule has 0 aliphatic heterocycles. The second kappa shape index (κ2) is 6.44. The third-order valence-corrected chi connectivity index (χ3v) is 2.30. The molecular formula is C13H12FN3O2. The smallest absolute Gasteiger partial charge is 0.254 e. The Bertz CT molecular complexity index is 549. The van der Waals surface area contributed by atoms with Crippen LogP contribution in [0.4, 0.5) is 4.39 Å². The van der Waals surface area contributed by atoms with E-state index in [9.17, 15) is 9.18 Å². The molecule has 0 atom stereocenters. The molecule has 0 saturated carbocycles. The van der Waals surface area contributed by atoms with Crippen LogP contribution < -0.4 is 10.1 Å². The van der Waals surface area contributed by atoms with Crippen LogP contribution in [0.25, 0.3) is 0 Å². The van der Waals surface area contributed by atoms with Gasteiger partial charge in [0, 0.05) is 12.4 Å². The van der Waals surface area contributed by atoms with Crippen LogP contribution in [0.3, 0.4) is 0 Å². The maximum Gasteiger partial charge on any atom is 0.254 e. The fourth-order valence-corrected chi connectivity index (χ4v) is 1.41. The van der Waals surface area contributed by atoms with Crippen molar-refractivity contribution in [2.24, 2.45) is 0 Å². The first-order valence-electron chi connectivity index (χ1n) is 5.68. The molecule has 1 amide bonds. The average Bonchev–Trinajstić information content (AvgIpc) is 2.46. The first-order chi connectivity index (χ1) is 9.27. The van der Waals surface area contributed by atoms with E-state index in [0.717, 1.165) is 0 Å². The van der Waals surface area contributed by atoms with E-state index < -0.39 is 5.82 Å². The van der Waals surface area contributed by atoms with Gasteiger partial charge < -0.3 is 10.1 Å². The SMILES string of the molecule is O=C(NCCOc1ccccc1F)c1cncnc1. The number of nitrogens with one attached hydrogen (secondary N) is 1. The van der Waals surface area contributed by atoms with Gasteiger partial charge in [0.15, 0.2) is 11.6 Å². The van der Waals surface area contributed by atoms with Gasteiger partial charge in [-0.3, -0.25) is 4.79 Å². The third kappa shape index (κ3) is 3.74. The Balaban J connectivity index is 1.76. The molecule has 98 valence electrons. The van der Waals surface area contributed by atoms with Crippen LogP contribution in [-0.2, 0) is 0 Å². The number of halogens is 1. The van der Waals surface area contributed by atoms with E-state index in [2.05, 4.69) is 15.3 Å². The molecule has 0 aliphatic rings.